The van der Waals surface area contributed by atoms with Gasteiger partial charge in [-0.25, -0.2) is 4.98 Å². The Kier molecular flexibility index (Phi) is 3.11. The summed E-state index contributed by atoms with van der Waals surface area (Å²) in [6.45, 7) is 0.747. The molecule has 0 radical (unpaired) electrons. The number of hydrogen-bond acceptors (Lipinski definition) is 3. The number of amides is 1. The summed E-state index contributed by atoms with van der Waals surface area (Å²) >= 11 is 0. The van der Waals surface area contributed by atoms with Crippen molar-refractivity contribution in [3.63, 3.8) is 0 Å². The maximum Gasteiger partial charge on any atom is 0.273 e. The number of nitrogens with zero attached hydrogens (tertiary/aromatic N) is 3. The molecule has 1 aromatic carbocycles. The minimum Gasteiger partial charge on any atom is -0.340 e. The Morgan fingerprint density at radius 2 is 2.05 bits per heavy atom. The van der Waals surface area contributed by atoms with Crippen LogP contribution in [-0.4, -0.2) is 32.3 Å². The number of carbonyl (C=O) groups excluding carboxylic acids is 1. The van der Waals surface area contributed by atoms with E-state index < -0.39 is 0 Å². The third-order valence-corrected chi connectivity index (χ3v) is 4.12. The normalized spacial score (nSPS) is 18.0. The van der Waals surface area contributed by atoms with E-state index in [1.54, 1.807) is 12.3 Å². The van der Waals surface area contributed by atoms with E-state index in [-0.39, 0.29) is 11.9 Å². The number of para-hydroxylation sites is 2. The van der Waals surface area contributed by atoms with Crippen LogP contribution < -0.4 is 0 Å². The average Bonchev–Trinajstić information content (AvgIpc) is 3.21. The summed E-state index contributed by atoms with van der Waals surface area (Å²) in [5.74, 6) is 0.839. The number of carbonyl (C=O) groups is 1. The van der Waals surface area contributed by atoms with Crippen molar-refractivity contribution in [3.8, 4) is 0 Å². The fourth-order valence-corrected chi connectivity index (χ4v) is 3.06. The molecule has 1 aliphatic heterocycles. The third-order valence-electron chi connectivity index (χ3n) is 4.12. The van der Waals surface area contributed by atoms with Gasteiger partial charge in [-0.2, -0.15) is 0 Å². The molecule has 1 aliphatic rings. The highest BCUT2D eigenvalue weighted by atomic mass is 16.2. The molecule has 5 heteroatoms. The van der Waals surface area contributed by atoms with Crippen molar-refractivity contribution in [3.05, 3.63) is 60.2 Å². The van der Waals surface area contributed by atoms with Crippen molar-refractivity contribution < 1.29 is 4.79 Å². The summed E-state index contributed by atoms with van der Waals surface area (Å²) in [5, 5.41) is 0. The van der Waals surface area contributed by atoms with E-state index in [0.717, 1.165) is 36.2 Å². The topological polar surface area (TPSA) is 61.9 Å². The van der Waals surface area contributed by atoms with Crippen molar-refractivity contribution in [1.29, 1.82) is 0 Å². The van der Waals surface area contributed by atoms with Crippen LogP contribution in [0, 0.1) is 0 Å². The quantitative estimate of drug-likeness (QED) is 0.790. The second-order valence-electron chi connectivity index (χ2n) is 5.51. The van der Waals surface area contributed by atoms with Crippen LogP contribution in [0.4, 0.5) is 0 Å². The molecule has 22 heavy (non-hydrogen) atoms. The zero-order chi connectivity index (χ0) is 14.9. The Morgan fingerprint density at radius 3 is 2.86 bits per heavy atom. The number of pyridine rings is 1. The molecule has 0 aliphatic carbocycles. The summed E-state index contributed by atoms with van der Waals surface area (Å²) in [6, 6.07) is 13.4. The molecule has 3 heterocycles. The van der Waals surface area contributed by atoms with Crippen LogP contribution in [-0.2, 0) is 0 Å². The molecule has 1 fully saturated rings. The summed E-state index contributed by atoms with van der Waals surface area (Å²) in [4.78, 5) is 26.7. The summed E-state index contributed by atoms with van der Waals surface area (Å²) < 4.78 is 0. The molecular formula is C17H16N4O. The molecule has 4 rings (SSSR count). The molecule has 0 saturated carbocycles. The first kappa shape index (κ1) is 13.0. The molecule has 0 spiro atoms. The van der Waals surface area contributed by atoms with Crippen LogP contribution in [0.25, 0.3) is 11.0 Å². The number of H-pyrrole nitrogens is 1. The number of benzene rings is 1. The van der Waals surface area contributed by atoms with Crippen molar-refractivity contribution >= 4 is 16.9 Å². The predicted molar refractivity (Wildman–Crippen MR) is 83.3 cm³/mol. The lowest BCUT2D eigenvalue weighted by atomic mass is 10.2. The number of aromatic nitrogens is 3. The third kappa shape index (κ3) is 2.15. The Hall–Kier alpha value is -2.69. The lowest BCUT2D eigenvalue weighted by molar-refractivity contribution is 0.0724. The van der Waals surface area contributed by atoms with Gasteiger partial charge in [-0.15, -0.1) is 0 Å². The van der Waals surface area contributed by atoms with E-state index in [2.05, 4.69) is 15.0 Å². The number of likely N-dealkylation sites (tertiary alicyclic amines) is 1. The maximum absolute atomic E-state index is 12.7. The van der Waals surface area contributed by atoms with E-state index >= 15 is 0 Å². The molecule has 3 aromatic rings. The predicted octanol–water partition coefficient (Wildman–Crippen LogP) is 2.94. The molecule has 2 aromatic heterocycles. The zero-order valence-electron chi connectivity index (χ0n) is 12.1. The first-order valence-corrected chi connectivity index (χ1v) is 7.49. The van der Waals surface area contributed by atoms with Gasteiger partial charge in [0.25, 0.3) is 5.91 Å². The first-order valence-electron chi connectivity index (χ1n) is 7.49. The molecule has 1 amide bonds. The van der Waals surface area contributed by atoms with Crippen molar-refractivity contribution in [2.24, 2.45) is 0 Å². The number of nitrogens with one attached hydrogen (secondary N) is 1. The Labute approximate surface area is 128 Å². The highest BCUT2D eigenvalue weighted by molar-refractivity contribution is 5.92. The summed E-state index contributed by atoms with van der Waals surface area (Å²) in [6.07, 6.45) is 3.57. The van der Waals surface area contributed by atoms with Gasteiger partial charge in [-0.3, -0.25) is 9.78 Å². The number of rotatable bonds is 2. The molecule has 1 saturated heterocycles. The van der Waals surface area contributed by atoms with Gasteiger partial charge in [0.1, 0.15) is 11.5 Å². The van der Waals surface area contributed by atoms with Gasteiger partial charge in [-0.1, -0.05) is 18.2 Å². The van der Waals surface area contributed by atoms with Gasteiger partial charge in [0.2, 0.25) is 0 Å². The molecule has 0 bridgehead atoms. The molecule has 110 valence electrons. The largest absolute Gasteiger partial charge is 0.340 e. The van der Waals surface area contributed by atoms with E-state index in [1.165, 1.54) is 0 Å². The molecule has 1 N–H and O–H groups in total. The maximum atomic E-state index is 12.7. The molecular weight excluding hydrogens is 276 g/mol. The fraction of sp³-hybridized carbons (Fsp3) is 0.235. The first-order chi connectivity index (χ1) is 10.8. The number of imidazole rings is 1. The second kappa shape index (κ2) is 5.26. The monoisotopic (exact) mass is 292 g/mol. The zero-order valence-corrected chi connectivity index (χ0v) is 12.1. The molecule has 5 nitrogen and oxygen atoms in total. The lowest BCUT2D eigenvalue weighted by Crippen LogP contribution is -2.31. The highest BCUT2D eigenvalue weighted by Gasteiger charge is 2.33. The second-order valence-corrected chi connectivity index (χ2v) is 5.51. The van der Waals surface area contributed by atoms with E-state index in [4.69, 9.17) is 0 Å². The van der Waals surface area contributed by atoms with Crippen molar-refractivity contribution in [1.82, 2.24) is 19.9 Å². The average molecular weight is 292 g/mol. The van der Waals surface area contributed by atoms with Crippen LogP contribution in [0.15, 0.2) is 48.7 Å². The van der Waals surface area contributed by atoms with Crippen LogP contribution in [0.2, 0.25) is 0 Å². The Balaban J connectivity index is 1.67. The van der Waals surface area contributed by atoms with Crippen molar-refractivity contribution in [2.45, 2.75) is 18.9 Å². The Morgan fingerprint density at radius 1 is 1.18 bits per heavy atom. The van der Waals surface area contributed by atoms with E-state index in [0.29, 0.717) is 5.69 Å². The van der Waals surface area contributed by atoms with Crippen LogP contribution in [0.1, 0.15) is 35.2 Å². The number of aromatic amines is 1. The lowest BCUT2D eigenvalue weighted by Gasteiger charge is -2.22. The van der Waals surface area contributed by atoms with Crippen LogP contribution >= 0.6 is 0 Å². The van der Waals surface area contributed by atoms with Gasteiger partial charge in [0.05, 0.1) is 17.1 Å². The van der Waals surface area contributed by atoms with Crippen LogP contribution in [0.3, 0.4) is 0 Å². The minimum atomic E-state index is -0.0245. The molecule has 1 atom stereocenters. The van der Waals surface area contributed by atoms with Crippen LogP contribution in [0.5, 0.6) is 0 Å². The summed E-state index contributed by atoms with van der Waals surface area (Å²) in [5.41, 5.74) is 2.44. The molecule has 0 unspecified atom stereocenters. The Bertz CT molecular complexity index is 779. The SMILES string of the molecule is O=C(c1ccccn1)N1CCC[C@H]1c1nc2ccccc2[nH]1. The summed E-state index contributed by atoms with van der Waals surface area (Å²) in [7, 11) is 0. The fourth-order valence-electron chi connectivity index (χ4n) is 3.06. The standard InChI is InChI=1S/C17H16N4O/c22-17(14-8-3-4-10-18-14)21-11-5-9-15(21)16-19-12-6-1-2-7-13(12)20-16/h1-4,6-8,10,15H,5,9,11H2,(H,19,20)/t15-/m0/s1. The van der Waals surface area contributed by atoms with E-state index in [9.17, 15) is 4.79 Å². The van der Waals surface area contributed by atoms with Gasteiger partial charge >= 0.3 is 0 Å². The number of hydrogen-bond donors (Lipinski definition) is 1. The number of fused-ring (bicyclic) bond motifs is 1. The van der Waals surface area contributed by atoms with Gasteiger partial charge in [0.15, 0.2) is 0 Å². The van der Waals surface area contributed by atoms with Gasteiger partial charge in [0, 0.05) is 12.7 Å². The van der Waals surface area contributed by atoms with Crippen molar-refractivity contribution in [2.75, 3.05) is 6.54 Å². The van der Waals surface area contributed by atoms with Gasteiger partial charge < -0.3 is 9.88 Å². The van der Waals surface area contributed by atoms with E-state index in [1.807, 2.05) is 41.3 Å². The van der Waals surface area contributed by atoms with Gasteiger partial charge in [-0.05, 0) is 37.1 Å². The minimum absolute atomic E-state index is 0.00176. The highest BCUT2D eigenvalue weighted by Crippen LogP contribution is 2.32. The smallest absolute Gasteiger partial charge is 0.273 e.